The fourth-order valence-electron chi connectivity index (χ4n) is 3.06. The highest BCUT2D eigenvalue weighted by molar-refractivity contribution is 5.75. The Morgan fingerprint density at radius 3 is 2.32 bits per heavy atom. The van der Waals surface area contributed by atoms with Gasteiger partial charge in [0.1, 0.15) is 0 Å². The van der Waals surface area contributed by atoms with Gasteiger partial charge in [-0.05, 0) is 18.6 Å². The lowest BCUT2D eigenvalue weighted by Crippen LogP contribution is -2.36. The fraction of sp³-hybridized carbons (Fsp3) is 0.286. The predicted molar refractivity (Wildman–Crippen MR) is 93.3 cm³/mol. The van der Waals surface area contributed by atoms with Crippen LogP contribution < -0.4 is 4.57 Å². The molecule has 1 nitrogen and oxygen atoms in total. The first-order chi connectivity index (χ1) is 10.9. The number of nitrogens with zero attached hydrogens (tertiary/aromatic N) is 1. The molecule has 0 amide bonds. The molecule has 0 aliphatic heterocycles. The van der Waals surface area contributed by atoms with Crippen molar-refractivity contribution in [2.45, 2.75) is 39.0 Å². The molecule has 0 spiro atoms. The molecule has 3 rings (SSSR count). The normalized spacial score (nSPS) is 11.0. The zero-order chi connectivity index (χ0) is 15.2. The zero-order valence-electron chi connectivity index (χ0n) is 13.3. The van der Waals surface area contributed by atoms with Crippen LogP contribution >= 0.6 is 0 Å². The lowest BCUT2D eigenvalue weighted by atomic mass is 10.1. The molecule has 22 heavy (non-hydrogen) atoms. The van der Waals surface area contributed by atoms with Gasteiger partial charge in [0.05, 0.1) is 0 Å². The van der Waals surface area contributed by atoms with E-state index in [-0.39, 0.29) is 0 Å². The smallest absolute Gasteiger partial charge is 0.157 e. The largest absolute Gasteiger partial charge is 0.218 e. The molecule has 0 atom stereocenters. The number of aromatic nitrogens is 1. The molecule has 0 radical (unpaired) electrons. The summed E-state index contributed by atoms with van der Waals surface area (Å²) in [4.78, 5) is 0. The Labute approximate surface area is 133 Å². The molecule has 3 aromatic rings. The second kappa shape index (κ2) is 7.22. The Kier molecular flexibility index (Phi) is 4.85. The van der Waals surface area contributed by atoms with Crippen molar-refractivity contribution in [3.05, 3.63) is 72.4 Å². The van der Waals surface area contributed by atoms with E-state index in [0.29, 0.717) is 0 Å². The van der Waals surface area contributed by atoms with Crippen molar-refractivity contribution in [2.24, 2.45) is 0 Å². The summed E-state index contributed by atoms with van der Waals surface area (Å²) in [6, 6.07) is 23.9. The summed E-state index contributed by atoms with van der Waals surface area (Å²) in [7, 11) is 0. The van der Waals surface area contributed by atoms with Crippen LogP contribution in [0.1, 0.15) is 38.3 Å². The Morgan fingerprint density at radius 2 is 1.50 bits per heavy atom. The van der Waals surface area contributed by atoms with Crippen LogP contribution in [-0.4, -0.2) is 0 Å². The van der Waals surface area contributed by atoms with Gasteiger partial charge in [-0.25, -0.2) is 0 Å². The molecule has 1 aromatic heterocycles. The van der Waals surface area contributed by atoms with Crippen molar-refractivity contribution >= 4 is 10.9 Å². The van der Waals surface area contributed by atoms with E-state index in [4.69, 9.17) is 0 Å². The highest BCUT2D eigenvalue weighted by Crippen LogP contribution is 2.15. The number of hydrogen-bond donors (Lipinski definition) is 0. The number of rotatable bonds is 6. The molecule has 0 bridgehead atoms. The SMILES string of the molecule is CCCCCCc1ccc2ccccc2[n+]1-c1ccccc1. The van der Waals surface area contributed by atoms with Gasteiger partial charge in [-0.15, -0.1) is 0 Å². The molecule has 1 heteroatoms. The van der Waals surface area contributed by atoms with Gasteiger partial charge in [0, 0.05) is 36.1 Å². The van der Waals surface area contributed by atoms with E-state index in [0.717, 1.165) is 6.42 Å². The third kappa shape index (κ3) is 3.19. The molecular weight excluding hydrogens is 266 g/mol. The Bertz CT molecular complexity index is 731. The molecule has 1 heterocycles. The van der Waals surface area contributed by atoms with Crippen molar-refractivity contribution in [3.63, 3.8) is 0 Å². The summed E-state index contributed by atoms with van der Waals surface area (Å²) in [6.07, 6.45) is 6.34. The molecule has 0 saturated carbocycles. The van der Waals surface area contributed by atoms with Gasteiger partial charge < -0.3 is 0 Å². The summed E-state index contributed by atoms with van der Waals surface area (Å²) in [5.41, 5.74) is 3.95. The Morgan fingerprint density at radius 1 is 0.727 bits per heavy atom. The van der Waals surface area contributed by atoms with Crippen LogP contribution in [0.3, 0.4) is 0 Å². The van der Waals surface area contributed by atoms with Crippen molar-refractivity contribution in [1.29, 1.82) is 0 Å². The van der Waals surface area contributed by atoms with Crippen LogP contribution in [0.2, 0.25) is 0 Å². The third-order valence-corrected chi connectivity index (χ3v) is 4.22. The minimum Gasteiger partial charge on any atom is -0.157 e. The number of aryl methyl sites for hydroxylation is 1. The van der Waals surface area contributed by atoms with Gasteiger partial charge in [0.25, 0.3) is 0 Å². The second-order valence-corrected chi connectivity index (χ2v) is 5.87. The van der Waals surface area contributed by atoms with E-state index in [9.17, 15) is 0 Å². The first-order valence-electron chi connectivity index (χ1n) is 8.38. The molecule has 0 fully saturated rings. The van der Waals surface area contributed by atoms with Crippen LogP contribution in [0.25, 0.3) is 16.6 Å². The molecule has 0 N–H and O–H groups in total. The minimum atomic E-state index is 1.14. The molecule has 112 valence electrons. The van der Waals surface area contributed by atoms with Crippen molar-refractivity contribution < 1.29 is 4.57 Å². The maximum absolute atomic E-state index is 2.42. The number of benzene rings is 2. The average Bonchev–Trinajstić information content (AvgIpc) is 2.59. The van der Waals surface area contributed by atoms with E-state index in [2.05, 4.69) is 78.2 Å². The molecular formula is C21H24N+. The lowest BCUT2D eigenvalue weighted by Gasteiger charge is -2.07. The molecule has 0 unspecified atom stereocenters. The van der Waals surface area contributed by atoms with Gasteiger partial charge >= 0.3 is 0 Å². The van der Waals surface area contributed by atoms with Crippen molar-refractivity contribution in [3.8, 4) is 5.69 Å². The predicted octanol–water partition coefficient (Wildman–Crippen LogP) is 5.24. The van der Waals surface area contributed by atoms with E-state index >= 15 is 0 Å². The number of fused-ring (bicyclic) bond motifs is 1. The number of para-hydroxylation sites is 2. The number of pyridine rings is 1. The van der Waals surface area contributed by atoms with Gasteiger partial charge in [-0.2, -0.15) is 4.57 Å². The van der Waals surface area contributed by atoms with E-state index < -0.39 is 0 Å². The van der Waals surface area contributed by atoms with Crippen LogP contribution in [0, 0.1) is 0 Å². The highest BCUT2D eigenvalue weighted by atomic mass is 15.0. The van der Waals surface area contributed by atoms with Crippen LogP contribution in [0.5, 0.6) is 0 Å². The molecule has 0 aliphatic rings. The average molecular weight is 290 g/mol. The van der Waals surface area contributed by atoms with Crippen LogP contribution in [0.15, 0.2) is 66.7 Å². The monoisotopic (exact) mass is 290 g/mol. The van der Waals surface area contributed by atoms with Gasteiger partial charge in [0.15, 0.2) is 5.69 Å². The Balaban J connectivity index is 2.03. The quantitative estimate of drug-likeness (QED) is 0.432. The zero-order valence-corrected chi connectivity index (χ0v) is 13.3. The van der Waals surface area contributed by atoms with E-state index in [1.807, 2.05) is 0 Å². The standard InChI is InChI=1S/C21H24N/c1-2-3-4-6-14-20-17-16-18-11-9-10-15-21(18)22(20)19-12-7-5-8-13-19/h5,7-13,15-17H,2-4,6,14H2,1H3/q+1. The lowest BCUT2D eigenvalue weighted by molar-refractivity contribution is -0.576. The van der Waals surface area contributed by atoms with E-state index in [1.54, 1.807) is 0 Å². The van der Waals surface area contributed by atoms with Gasteiger partial charge in [-0.3, -0.25) is 0 Å². The topological polar surface area (TPSA) is 3.88 Å². The summed E-state index contributed by atoms with van der Waals surface area (Å²) >= 11 is 0. The summed E-state index contributed by atoms with van der Waals surface area (Å²) < 4.78 is 2.42. The van der Waals surface area contributed by atoms with Crippen LogP contribution in [0.4, 0.5) is 0 Å². The van der Waals surface area contributed by atoms with Gasteiger partial charge in [-0.1, -0.05) is 56.5 Å². The first-order valence-corrected chi connectivity index (χ1v) is 8.38. The summed E-state index contributed by atoms with van der Waals surface area (Å²) in [6.45, 7) is 2.26. The van der Waals surface area contributed by atoms with Gasteiger partial charge in [0.2, 0.25) is 11.2 Å². The summed E-state index contributed by atoms with van der Waals surface area (Å²) in [5, 5.41) is 1.30. The minimum absolute atomic E-state index is 1.14. The molecule has 2 aromatic carbocycles. The maximum Gasteiger partial charge on any atom is 0.218 e. The van der Waals surface area contributed by atoms with E-state index in [1.165, 1.54) is 48.0 Å². The number of hydrogen-bond acceptors (Lipinski definition) is 0. The first kappa shape index (κ1) is 14.8. The summed E-state index contributed by atoms with van der Waals surface area (Å²) in [5.74, 6) is 0. The highest BCUT2D eigenvalue weighted by Gasteiger charge is 2.17. The second-order valence-electron chi connectivity index (χ2n) is 5.87. The number of unbranched alkanes of at least 4 members (excludes halogenated alkanes) is 3. The Hall–Kier alpha value is -2.15. The third-order valence-electron chi connectivity index (χ3n) is 4.22. The fourth-order valence-corrected chi connectivity index (χ4v) is 3.06. The van der Waals surface area contributed by atoms with Crippen molar-refractivity contribution in [2.75, 3.05) is 0 Å². The molecule has 0 aliphatic carbocycles. The van der Waals surface area contributed by atoms with Crippen LogP contribution in [-0.2, 0) is 6.42 Å². The van der Waals surface area contributed by atoms with Crippen molar-refractivity contribution in [1.82, 2.24) is 0 Å². The molecule has 0 saturated heterocycles. The maximum atomic E-state index is 2.42.